The van der Waals surface area contributed by atoms with E-state index in [1.165, 1.54) is 18.3 Å². The monoisotopic (exact) mass is 469 g/mol. The van der Waals surface area contributed by atoms with Gasteiger partial charge in [0.1, 0.15) is 12.4 Å². The van der Waals surface area contributed by atoms with Crippen molar-refractivity contribution in [3.05, 3.63) is 65.7 Å². The third kappa shape index (κ3) is 2.77. The molecule has 0 aliphatic rings. The highest BCUT2D eigenvalue weighted by Gasteiger charge is 2.17. The molecule has 0 atom stereocenters. The van der Waals surface area contributed by atoms with E-state index < -0.39 is 0 Å². The van der Waals surface area contributed by atoms with Crippen molar-refractivity contribution in [3.8, 4) is 17.1 Å². The van der Waals surface area contributed by atoms with Crippen LogP contribution in [-0.2, 0) is 6.54 Å². The first kappa shape index (κ1) is 18.6. The van der Waals surface area contributed by atoms with Gasteiger partial charge >= 0.3 is 15.4 Å². The second kappa shape index (κ2) is 6.66. The van der Waals surface area contributed by atoms with Crippen LogP contribution in [0.15, 0.2) is 38.6 Å². The highest BCUT2D eigenvalue weighted by Crippen LogP contribution is 2.20. The number of H-pyrrole nitrogens is 2. The number of rotatable bonds is 4. The molecule has 5 aromatic heterocycles. The number of hydrogen-bond donors (Lipinski definition) is 2. The Kier molecular flexibility index (Phi) is 3.87. The smallest absolute Gasteiger partial charge is 0.255 e. The first-order chi connectivity index (χ1) is 15.5. The Hall–Kier alpha value is -4.18. The molecule has 0 fully saturated rings. The fraction of sp³-hybridized carbons (Fsp3) is 0.125. The van der Waals surface area contributed by atoms with Crippen molar-refractivity contribution in [1.29, 1.82) is 0 Å². The average molecular weight is 469 g/mol. The second-order valence-corrected chi connectivity index (χ2v) is 8.63. The SMILES string of the molecule is Cc1nn(Cc2nnc3sc(=O)[nH]n23)c(=O)n1-c1ccc(-c2nnc3sc(=O)[nH]n23)cc1. The van der Waals surface area contributed by atoms with Crippen molar-refractivity contribution in [3.63, 3.8) is 0 Å². The van der Waals surface area contributed by atoms with Crippen LogP contribution >= 0.6 is 22.7 Å². The van der Waals surface area contributed by atoms with Gasteiger partial charge in [-0.3, -0.25) is 9.59 Å². The van der Waals surface area contributed by atoms with Gasteiger partial charge in [0, 0.05) is 5.56 Å². The number of aromatic nitrogens is 11. The minimum absolute atomic E-state index is 0.0435. The van der Waals surface area contributed by atoms with Crippen molar-refractivity contribution < 1.29 is 0 Å². The maximum Gasteiger partial charge on any atom is 0.350 e. The second-order valence-electron chi connectivity index (χ2n) is 6.75. The Balaban J connectivity index is 1.36. The van der Waals surface area contributed by atoms with E-state index in [1.807, 2.05) is 0 Å². The number of aromatic amines is 2. The molecule has 16 heteroatoms. The summed E-state index contributed by atoms with van der Waals surface area (Å²) in [5.41, 5.74) is 0.967. The summed E-state index contributed by atoms with van der Waals surface area (Å²) in [4.78, 5) is 36.5. The Labute approximate surface area is 183 Å². The van der Waals surface area contributed by atoms with Gasteiger partial charge in [0.25, 0.3) is 0 Å². The van der Waals surface area contributed by atoms with Crippen molar-refractivity contribution in [2.45, 2.75) is 13.5 Å². The lowest BCUT2D eigenvalue weighted by Gasteiger charge is -2.04. The zero-order chi connectivity index (χ0) is 22.0. The van der Waals surface area contributed by atoms with Gasteiger partial charge in [-0.1, -0.05) is 0 Å². The minimum atomic E-state index is -0.364. The summed E-state index contributed by atoms with van der Waals surface area (Å²) in [5, 5.41) is 25.6. The lowest BCUT2D eigenvalue weighted by molar-refractivity contribution is 0.609. The molecular weight excluding hydrogens is 458 g/mol. The molecule has 6 rings (SSSR count). The molecule has 0 bridgehead atoms. The molecule has 32 heavy (non-hydrogen) atoms. The molecular formula is C16H11N11O3S2. The molecule has 0 amide bonds. The third-order valence-electron chi connectivity index (χ3n) is 4.78. The molecule has 0 aliphatic carbocycles. The number of hydrogen-bond acceptors (Lipinski definition) is 10. The van der Waals surface area contributed by atoms with E-state index in [0.717, 1.165) is 28.2 Å². The zero-order valence-electron chi connectivity index (χ0n) is 16.1. The highest BCUT2D eigenvalue weighted by atomic mass is 32.1. The van der Waals surface area contributed by atoms with Gasteiger partial charge in [-0.2, -0.15) is 5.10 Å². The summed E-state index contributed by atoms with van der Waals surface area (Å²) in [5.74, 6) is 1.36. The van der Waals surface area contributed by atoms with Gasteiger partial charge in [-0.05, 0) is 53.9 Å². The molecule has 0 saturated carbocycles. The van der Waals surface area contributed by atoms with Crippen LogP contribution in [0.5, 0.6) is 0 Å². The predicted octanol–water partition coefficient (Wildman–Crippen LogP) is -0.357. The van der Waals surface area contributed by atoms with Crippen LogP contribution < -0.4 is 15.4 Å². The molecule has 6 aromatic rings. The Morgan fingerprint density at radius 3 is 2.28 bits per heavy atom. The summed E-state index contributed by atoms with van der Waals surface area (Å²) in [7, 11) is 0. The number of benzene rings is 1. The first-order valence-electron chi connectivity index (χ1n) is 9.12. The maximum absolute atomic E-state index is 13.0. The number of aryl methyl sites for hydroxylation is 1. The van der Waals surface area contributed by atoms with E-state index in [-0.39, 0.29) is 22.0 Å². The van der Waals surface area contributed by atoms with Crippen LogP contribution in [0.1, 0.15) is 11.6 Å². The van der Waals surface area contributed by atoms with Gasteiger partial charge in [-0.15, -0.1) is 20.4 Å². The molecule has 0 saturated heterocycles. The summed E-state index contributed by atoms with van der Waals surface area (Å²) in [6.07, 6.45) is 0. The largest absolute Gasteiger partial charge is 0.350 e. The summed E-state index contributed by atoms with van der Waals surface area (Å²) in [6, 6.07) is 7.08. The van der Waals surface area contributed by atoms with E-state index in [9.17, 15) is 14.4 Å². The fourth-order valence-corrected chi connectivity index (χ4v) is 4.64. The van der Waals surface area contributed by atoms with E-state index in [0.29, 0.717) is 33.1 Å². The van der Waals surface area contributed by atoms with Gasteiger partial charge in [0.2, 0.25) is 9.92 Å². The van der Waals surface area contributed by atoms with Crippen LogP contribution in [0.2, 0.25) is 0 Å². The summed E-state index contributed by atoms with van der Waals surface area (Å²) in [6.45, 7) is 1.76. The fourth-order valence-electron chi connectivity index (χ4n) is 3.41. The Bertz CT molecular complexity index is 1790. The van der Waals surface area contributed by atoms with Gasteiger partial charge in [-0.25, -0.2) is 33.3 Å². The predicted molar refractivity (Wildman–Crippen MR) is 114 cm³/mol. The van der Waals surface area contributed by atoms with Crippen molar-refractivity contribution in [2.24, 2.45) is 0 Å². The lowest BCUT2D eigenvalue weighted by Crippen LogP contribution is -2.25. The molecule has 1 aromatic carbocycles. The number of nitrogens with zero attached hydrogens (tertiary/aromatic N) is 9. The van der Waals surface area contributed by atoms with Crippen LogP contribution in [0.4, 0.5) is 0 Å². The number of nitrogens with one attached hydrogen (secondary N) is 2. The molecule has 0 aliphatic heterocycles. The van der Waals surface area contributed by atoms with Gasteiger partial charge in [0.05, 0.1) is 5.69 Å². The Morgan fingerprint density at radius 1 is 0.875 bits per heavy atom. The quantitative estimate of drug-likeness (QED) is 0.353. The molecule has 0 radical (unpaired) electrons. The van der Waals surface area contributed by atoms with Crippen molar-refractivity contribution in [1.82, 2.24) is 54.0 Å². The molecule has 14 nitrogen and oxygen atoms in total. The van der Waals surface area contributed by atoms with Crippen LogP contribution in [0.3, 0.4) is 0 Å². The van der Waals surface area contributed by atoms with Gasteiger partial charge < -0.3 is 0 Å². The van der Waals surface area contributed by atoms with E-state index in [2.05, 4.69) is 35.7 Å². The third-order valence-corrected chi connectivity index (χ3v) is 6.23. The van der Waals surface area contributed by atoms with Gasteiger partial charge in [0.15, 0.2) is 11.6 Å². The average Bonchev–Trinajstić information content (AvgIpc) is 3.53. The van der Waals surface area contributed by atoms with Crippen LogP contribution in [-0.4, -0.2) is 54.0 Å². The topological polar surface area (TPSA) is 166 Å². The normalized spacial score (nSPS) is 11.8. The molecule has 160 valence electrons. The summed E-state index contributed by atoms with van der Waals surface area (Å²) >= 11 is 1.90. The van der Waals surface area contributed by atoms with Crippen LogP contribution in [0, 0.1) is 6.92 Å². The first-order valence-corrected chi connectivity index (χ1v) is 10.8. The van der Waals surface area contributed by atoms with E-state index in [4.69, 9.17) is 0 Å². The molecule has 0 unspecified atom stereocenters. The van der Waals surface area contributed by atoms with E-state index in [1.54, 1.807) is 31.2 Å². The standard InChI is InChI=1S/C16H11N11O3S2/c1-7-21-24(6-10-17-19-12-26(10)22-14(28)31-12)16(30)25(7)9-4-2-8(3-5-9)11-18-20-13-27(11)23-15(29)32-13/h2-5H,6H2,1H3,(H,22,28)(H,23,29). The van der Waals surface area contributed by atoms with Crippen LogP contribution in [0.25, 0.3) is 27.0 Å². The van der Waals surface area contributed by atoms with E-state index >= 15 is 0 Å². The summed E-state index contributed by atoms with van der Waals surface area (Å²) < 4.78 is 5.68. The highest BCUT2D eigenvalue weighted by molar-refractivity contribution is 7.14. The zero-order valence-corrected chi connectivity index (χ0v) is 17.7. The van der Waals surface area contributed by atoms with Crippen molar-refractivity contribution in [2.75, 3.05) is 0 Å². The minimum Gasteiger partial charge on any atom is -0.255 e. The lowest BCUT2D eigenvalue weighted by atomic mass is 10.2. The molecule has 0 spiro atoms. The molecule has 2 N–H and O–H groups in total. The van der Waals surface area contributed by atoms with Crippen molar-refractivity contribution >= 4 is 32.6 Å². The number of fused-ring (bicyclic) bond motifs is 2. The molecule has 5 heterocycles. The maximum atomic E-state index is 13.0. The Morgan fingerprint density at radius 2 is 1.53 bits per heavy atom.